The van der Waals surface area contributed by atoms with Crippen LogP contribution in [-0.4, -0.2) is 26.6 Å². The molecule has 0 fully saturated rings. The number of rotatable bonds is 6. The molecule has 0 radical (unpaired) electrons. The molecule has 0 saturated heterocycles. The Balaban J connectivity index is 1.64. The van der Waals surface area contributed by atoms with E-state index in [2.05, 4.69) is 34.1 Å². The molecule has 0 atom stereocenters. The van der Waals surface area contributed by atoms with E-state index in [9.17, 15) is 9.59 Å². The minimum Gasteiger partial charge on any atom is -0.325 e. The number of halogens is 1. The van der Waals surface area contributed by atoms with Crippen LogP contribution in [-0.2, 0) is 4.79 Å². The Hall–Kier alpha value is -2.64. The fourth-order valence-corrected chi connectivity index (χ4v) is 3.21. The third-order valence-corrected chi connectivity index (χ3v) is 5.04. The zero-order valence-corrected chi connectivity index (χ0v) is 17.0. The van der Waals surface area contributed by atoms with Crippen LogP contribution in [0.5, 0.6) is 0 Å². The Bertz CT molecular complexity index is 1020. The lowest BCUT2D eigenvalue weighted by Crippen LogP contribution is -2.17. The number of hydrogen-bond acceptors (Lipinski definition) is 5. The molecule has 144 valence electrons. The van der Waals surface area contributed by atoms with Crippen LogP contribution in [0.3, 0.4) is 0 Å². The summed E-state index contributed by atoms with van der Waals surface area (Å²) in [6.45, 7) is 4.23. The highest BCUT2D eigenvalue weighted by molar-refractivity contribution is 7.99. The van der Waals surface area contributed by atoms with Gasteiger partial charge in [-0.2, -0.15) is 4.98 Å². The first-order valence-electron chi connectivity index (χ1n) is 8.67. The normalized spacial score (nSPS) is 10.9. The van der Waals surface area contributed by atoms with Gasteiger partial charge < -0.3 is 5.32 Å². The van der Waals surface area contributed by atoms with Gasteiger partial charge in [-0.25, -0.2) is 9.78 Å². The molecule has 1 heterocycles. The molecule has 1 amide bonds. The first kappa shape index (κ1) is 20.1. The highest BCUT2D eigenvalue weighted by Crippen LogP contribution is 2.20. The van der Waals surface area contributed by atoms with Crippen molar-refractivity contribution in [1.29, 1.82) is 0 Å². The number of aromatic amines is 1. The molecular formula is C20H19ClN4O2S. The van der Waals surface area contributed by atoms with Gasteiger partial charge >= 0.3 is 5.69 Å². The Morgan fingerprint density at radius 1 is 1.11 bits per heavy atom. The number of nitrogens with one attached hydrogen (secondary N) is 2. The average molecular weight is 415 g/mol. The number of amides is 1. The van der Waals surface area contributed by atoms with E-state index in [0.717, 1.165) is 17.4 Å². The standard InChI is InChI=1S/C20H19ClN4O2S/c1-12(2)13-5-9-16(10-6-13)22-17(26)11-28-20-24-18(23-19(27)25-20)14-3-7-15(21)8-4-14/h3-10,12H,11H2,1-2H3,(H,22,26)(H,23,24,25,27). The van der Waals surface area contributed by atoms with Gasteiger partial charge in [0.25, 0.3) is 0 Å². The van der Waals surface area contributed by atoms with Crippen molar-refractivity contribution in [2.45, 2.75) is 24.9 Å². The van der Waals surface area contributed by atoms with E-state index in [-0.39, 0.29) is 16.8 Å². The van der Waals surface area contributed by atoms with Gasteiger partial charge in [0, 0.05) is 16.3 Å². The topological polar surface area (TPSA) is 87.7 Å². The minimum atomic E-state index is -0.521. The first-order chi connectivity index (χ1) is 13.4. The third-order valence-electron chi connectivity index (χ3n) is 3.94. The summed E-state index contributed by atoms with van der Waals surface area (Å²) >= 11 is 6.99. The molecule has 28 heavy (non-hydrogen) atoms. The molecule has 0 aliphatic carbocycles. The van der Waals surface area contributed by atoms with Crippen molar-refractivity contribution in [2.75, 3.05) is 11.1 Å². The Morgan fingerprint density at radius 2 is 1.79 bits per heavy atom. The highest BCUT2D eigenvalue weighted by Gasteiger charge is 2.10. The molecule has 2 N–H and O–H groups in total. The van der Waals surface area contributed by atoms with Crippen LogP contribution in [0, 0.1) is 0 Å². The molecule has 1 aromatic heterocycles. The van der Waals surface area contributed by atoms with Crippen molar-refractivity contribution >= 4 is 35.0 Å². The summed E-state index contributed by atoms with van der Waals surface area (Å²) in [7, 11) is 0. The van der Waals surface area contributed by atoms with E-state index >= 15 is 0 Å². The number of carbonyl (C=O) groups excluding carboxylic acids is 1. The number of H-pyrrole nitrogens is 1. The lowest BCUT2D eigenvalue weighted by atomic mass is 10.0. The van der Waals surface area contributed by atoms with Crippen molar-refractivity contribution in [3.05, 3.63) is 69.6 Å². The van der Waals surface area contributed by atoms with Crippen LogP contribution in [0.1, 0.15) is 25.3 Å². The number of hydrogen-bond donors (Lipinski definition) is 2. The lowest BCUT2D eigenvalue weighted by Gasteiger charge is -2.08. The van der Waals surface area contributed by atoms with Crippen LogP contribution >= 0.6 is 23.4 Å². The van der Waals surface area contributed by atoms with Crippen LogP contribution in [0.25, 0.3) is 11.4 Å². The van der Waals surface area contributed by atoms with Gasteiger partial charge in [-0.05, 0) is 47.9 Å². The molecule has 8 heteroatoms. The molecule has 0 spiro atoms. The summed E-state index contributed by atoms with van der Waals surface area (Å²) in [5.41, 5.74) is 2.12. The summed E-state index contributed by atoms with van der Waals surface area (Å²) in [6.07, 6.45) is 0. The maximum atomic E-state index is 12.2. The molecule has 0 unspecified atom stereocenters. The van der Waals surface area contributed by atoms with Crippen LogP contribution < -0.4 is 11.0 Å². The highest BCUT2D eigenvalue weighted by atomic mass is 35.5. The summed E-state index contributed by atoms with van der Waals surface area (Å²) in [4.78, 5) is 34.7. The monoisotopic (exact) mass is 414 g/mol. The van der Waals surface area contributed by atoms with E-state index in [1.807, 2.05) is 24.3 Å². The van der Waals surface area contributed by atoms with E-state index in [1.165, 1.54) is 5.56 Å². The number of carbonyl (C=O) groups is 1. The van der Waals surface area contributed by atoms with Gasteiger partial charge in [0.2, 0.25) is 5.91 Å². The van der Waals surface area contributed by atoms with Gasteiger partial charge in [0.05, 0.1) is 5.75 Å². The fraction of sp³-hybridized carbons (Fsp3) is 0.200. The van der Waals surface area contributed by atoms with Gasteiger partial charge in [-0.15, -0.1) is 0 Å². The van der Waals surface area contributed by atoms with E-state index in [1.54, 1.807) is 24.3 Å². The molecule has 2 aromatic carbocycles. The zero-order chi connectivity index (χ0) is 20.1. The molecular weight excluding hydrogens is 396 g/mol. The number of anilines is 1. The molecule has 3 aromatic rings. The maximum Gasteiger partial charge on any atom is 0.349 e. The summed E-state index contributed by atoms with van der Waals surface area (Å²) in [6, 6.07) is 14.7. The van der Waals surface area contributed by atoms with Gasteiger partial charge in [0.15, 0.2) is 5.16 Å². The van der Waals surface area contributed by atoms with Gasteiger partial charge in [-0.1, -0.05) is 49.3 Å². The molecule has 0 bridgehead atoms. The second kappa shape index (κ2) is 9.03. The second-order valence-corrected chi connectivity index (χ2v) is 7.78. The first-order valence-corrected chi connectivity index (χ1v) is 10.0. The van der Waals surface area contributed by atoms with E-state index < -0.39 is 5.69 Å². The van der Waals surface area contributed by atoms with Crippen molar-refractivity contribution in [3.8, 4) is 11.4 Å². The maximum absolute atomic E-state index is 12.2. The predicted octanol–water partition coefficient (Wildman–Crippen LogP) is 4.34. The van der Waals surface area contributed by atoms with E-state index in [0.29, 0.717) is 22.3 Å². The predicted molar refractivity (Wildman–Crippen MR) is 113 cm³/mol. The molecule has 0 aliphatic rings. The largest absolute Gasteiger partial charge is 0.349 e. The van der Waals surface area contributed by atoms with E-state index in [4.69, 9.17) is 11.6 Å². The Kier molecular flexibility index (Phi) is 6.49. The number of aromatic nitrogens is 3. The lowest BCUT2D eigenvalue weighted by molar-refractivity contribution is -0.113. The van der Waals surface area contributed by atoms with Gasteiger partial charge in [0.1, 0.15) is 5.82 Å². The number of nitrogens with zero attached hydrogens (tertiary/aromatic N) is 2. The molecule has 3 rings (SSSR count). The van der Waals surface area contributed by atoms with Crippen molar-refractivity contribution < 1.29 is 4.79 Å². The summed E-state index contributed by atoms with van der Waals surface area (Å²) in [5, 5.41) is 3.66. The van der Waals surface area contributed by atoms with Gasteiger partial charge in [-0.3, -0.25) is 9.78 Å². The quantitative estimate of drug-likeness (QED) is 0.586. The van der Waals surface area contributed by atoms with Crippen LogP contribution in [0.4, 0.5) is 5.69 Å². The summed E-state index contributed by atoms with van der Waals surface area (Å²) < 4.78 is 0. The number of benzene rings is 2. The zero-order valence-electron chi connectivity index (χ0n) is 15.4. The fourth-order valence-electron chi connectivity index (χ4n) is 2.45. The Morgan fingerprint density at radius 3 is 2.43 bits per heavy atom. The Labute approximate surface area is 171 Å². The van der Waals surface area contributed by atoms with Crippen molar-refractivity contribution in [3.63, 3.8) is 0 Å². The molecule has 6 nitrogen and oxygen atoms in total. The minimum absolute atomic E-state index is 0.0927. The molecule has 0 aliphatic heterocycles. The smallest absolute Gasteiger partial charge is 0.325 e. The third kappa shape index (κ3) is 5.43. The van der Waals surface area contributed by atoms with Crippen LogP contribution in [0.15, 0.2) is 58.5 Å². The summed E-state index contributed by atoms with van der Waals surface area (Å²) in [5.74, 6) is 0.710. The average Bonchev–Trinajstić information content (AvgIpc) is 2.67. The molecule has 0 saturated carbocycles. The van der Waals surface area contributed by atoms with Crippen LogP contribution in [0.2, 0.25) is 5.02 Å². The second-order valence-electron chi connectivity index (χ2n) is 6.41. The number of thioether (sulfide) groups is 1. The van der Waals surface area contributed by atoms with Crippen molar-refractivity contribution in [2.24, 2.45) is 0 Å². The van der Waals surface area contributed by atoms with Crippen molar-refractivity contribution in [1.82, 2.24) is 15.0 Å². The SMILES string of the molecule is CC(C)c1ccc(NC(=O)CSc2nc(-c3ccc(Cl)cc3)[nH]c(=O)n2)cc1.